The topological polar surface area (TPSA) is 44.1 Å². The molecule has 0 spiro atoms. The highest BCUT2D eigenvalue weighted by Crippen LogP contribution is 2.23. The number of nitrogens with zero attached hydrogens (tertiary/aromatic N) is 2. The normalized spacial score (nSPS) is 11.8. The van der Waals surface area contributed by atoms with Gasteiger partial charge in [-0.3, -0.25) is 0 Å². The lowest BCUT2D eigenvalue weighted by Gasteiger charge is -2.19. The van der Waals surface area contributed by atoms with Gasteiger partial charge in [0.05, 0.1) is 6.20 Å². The largest absolute Gasteiger partial charge is 0.442 e. The first-order chi connectivity index (χ1) is 8.28. The average molecular weight is 315 g/mol. The minimum absolute atomic E-state index is 0.118. The maximum absolute atomic E-state index is 13.8. The number of halogens is 2. The molecule has 1 aromatic heterocycles. The molecule has 6 heteroatoms. The third-order valence-electron chi connectivity index (χ3n) is 2.15. The summed E-state index contributed by atoms with van der Waals surface area (Å²) in [6.07, 6.45) is 0.728. The molecule has 4 nitrogen and oxygen atoms in total. The van der Waals surface area contributed by atoms with E-state index in [9.17, 15) is 9.18 Å². The van der Waals surface area contributed by atoms with Crippen molar-refractivity contribution in [3.8, 4) is 0 Å². The van der Waals surface area contributed by atoms with Gasteiger partial charge in [-0.1, -0.05) is 15.9 Å². The molecule has 0 fully saturated rings. The molecule has 0 aliphatic heterocycles. The smallest absolute Gasteiger partial charge is 0.435 e. The number of aromatic nitrogens is 2. The summed E-state index contributed by atoms with van der Waals surface area (Å²) in [5.41, 5.74) is -0.534. The Labute approximate surface area is 112 Å². The minimum atomic E-state index is -0.696. The predicted molar refractivity (Wildman–Crippen MR) is 69.0 cm³/mol. The number of hydrogen-bond acceptors (Lipinski definition) is 3. The highest BCUT2D eigenvalue weighted by atomic mass is 79.9. The molecule has 0 bridgehead atoms. The zero-order valence-corrected chi connectivity index (χ0v) is 11.8. The summed E-state index contributed by atoms with van der Waals surface area (Å²) in [7, 11) is 0. The van der Waals surface area contributed by atoms with Crippen LogP contribution in [0.15, 0.2) is 22.8 Å². The van der Waals surface area contributed by atoms with Gasteiger partial charge in [0.25, 0.3) is 0 Å². The minimum Gasteiger partial charge on any atom is -0.442 e. The molecule has 0 aliphatic carbocycles. The average Bonchev–Trinajstić information content (AvgIpc) is 2.58. The fraction of sp³-hybridized carbons (Fsp3) is 0.333. The third-order valence-corrected chi connectivity index (χ3v) is 2.61. The number of carbonyl (C=O) groups is 1. The lowest BCUT2D eigenvalue weighted by Crippen LogP contribution is -2.27. The zero-order valence-electron chi connectivity index (χ0n) is 10.2. The molecule has 0 atom stereocenters. The maximum atomic E-state index is 13.8. The number of benzene rings is 1. The number of fused-ring (bicyclic) bond motifs is 1. The molecule has 0 radical (unpaired) electrons. The van der Waals surface area contributed by atoms with Crippen LogP contribution in [0.3, 0.4) is 0 Å². The Morgan fingerprint density at radius 1 is 1.44 bits per heavy atom. The summed E-state index contributed by atoms with van der Waals surface area (Å²) >= 11 is 3.19. The SMILES string of the molecule is CC(C)(C)OC(=O)n1ncc2cc(Br)cc(F)c21. The molecule has 0 amide bonds. The molecule has 96 valence electrons. The molecule has 0 aliphatic rings. The van der Waals surface area contributed by atoms with Gasteiger partial charge < -0.3 is 4.74 Å². The van der Waals surface area contributed by atoms with Crippen LogP contribution in [0.4, 0.5) is 9.18 Å². The van der Waals surface area contributed by atoms with Gasteiger partial charge in [0.15, 0.2) is 5.82 Å². The van der Waals surface area contributed by atoms with E-state index >= 15 is 0 Å². The fourth-order valence-corrected chi connectivity index (χ4v) is 1.98. The second kappa shape index (κ2) is 4.35. The highest BCUT2D eigenvalue weighted by Gasteiger charge is 2.21. The number of ether oxygens (including phenoxy) is 1. The van der Waals surface area contributed by atoms with Crippen molar-refractivity contribution in [1.82, 2.24) is 9.78 Å². The molecular weight excluding hydrogens is 303 g/mol. The van der Waals surface area contributed by atoms with Crippen LogP contribution in [0, 0.1) is 5.82 Å². The van der Waals surface area contributed by atoms with Crippen molar-refractivity contribution in [2.24, 2.45) is 0 Å². The lowest BCUT2D eigenvalue weighted by molar-refractivity contribution is 0.0521. The Morgan fingerprint density at radius 2 is 2.11 bits per heavy atom. The van der Waals surface area contributed by atoms with Gasteiger partial charge in [0.2, 0.25) is 0 Å². The van der Waals surface area contributed by atoms with Crippen LogP contribution in [-0.2, 0) is 4.74 Å². The van der Waals surface area contributed by atoms with E-state index in [-0.39, 0.29) is 5.52 Å². The lowest BCUT2D eigenvalue weighted by atomic mass is 10.2. The Hall–Kier alpha value is -1.43. The van der Waals surface area contributed by atoms with Crippen molar-refractivity contribution >= 4 is 32.9 Å². The van der Waals surface area contributed by atoms with Crippen LogP contribution in [0.5, 0.6) is 0 Å². The number of rotatable bonds is 0. The maximum Gasteiger partial charge on any atom is 0.435 e. The van der Waals surface area contributed by atoms with Crippen molar-refractivity contribution in [2.45, 2.75) is 26.4 Å². The van der Waals surface area contributed by atoms with Crippen molar-refractivity contribution in [3.63, 3.8) is 0 Å². The summed E-state index contributed by atoms with van der Waals surface area (Å²) in [6.45, 7) is 5.22. The van der Waals surface area contributed by atoms with Crippen LogP contribution in [0.1, 0.15) is 20.8 Å². The van der Waals surface area contributed by atoms with Crippen LogP contribution in [-0.4, -0.2) is 21.5 Å². The molecule has 18 heavy (non-hydrogen) atoms. The first kappa shape index (κ1) is 13.0. The van der Waals surface area contributed by atoms with Crippen molar-refractivity contribution < 1.29 is 13.9 Å². The molecule has 0 saturated carbocycles. The summed E-state index contributed by atoms with van der Waals surface area (Å²) in [4.78, 5) is 11.9. The van der Waals surface area contributed by atoms with E-state index in [1.54, 1.807) is 26.8 Å². The van der Waals surface area contributed by atoms with Crippen molar-refractivity contribution in [2.75, 3.05) is 0 Å². The van der Waals surface area contributed by atoms with Gasteiger partial charge in [0.1, 0.15) is 11.1 Å². The summed E-state index contributed by atoms with van der Waals surface area (Å²) in [5.74, 6) is -0.525. The Balaban J connectivity index is 2.50. The molecular formula is C12H12BrFN2O2. The third kappa shape index (κ3) is 2.53. The van der Waals surface area contributed by atoms with E-state index in [2.05, 4.69) is 21.0 Å². The van der Waals surface area contributed by atoms with Gasteiger partial charge in [-0.25, -0.2) is 9.18 Å². The molecule has 0 unspecified atom stereocenters. The summed E-state index contributed by atoms with van der Waals surface area (Å²) in [5, 5.41) is 4.40. The quantitative estimate of drug-likeness (QED) is 0.744. The summed E-state index contributed by atoms with van der Waals surface area (Å²) in [6, 6.07) is 2.97. The van der Waals surface area contributed by atoms with Crippen LogP contribution in [0.2, 0.25) is 0 Å². The Bertz CT molecular complexity index is 616. The second-order valence-corrected chi connectivity index (χ2v) is 5.78. The first-order valence-electron chi connectivity index (χ1n) is 5.34. The zero-order chi connectivity index (χ0) is 13.5. The van der Waals surface area contributed by atoms with Crippen molar-refractivity contribution in [3.05, 3.63) is 28.6 Å². The first-order valence-corrected chi connectivity index (χ1v) is 6.13. The fourth-order valence-electron chi connectivity index (χ4n) is 1.53. The Morgan fingerprint density at radius 3 is 2.72 bits per heavy atom. The van der Waals surface area contributed by atoms with Gasteiger partial charge in [0, 0.05) is 9.86 Å². The number of hydrogen-bond donors (Lipinski definition) is 0. The van der Waals surface area contributed by atoms with Crippen LogP contribution in [0.25, 0.3) is 10.9 Å². The van der Waals surface area contributed by atoms with E-state index in [4.69, 9.17) is 4.74 Å². The van der Waals surface area contributed by atoms with E-state index in [0.29, 0.717) is 9.86 Å². The van der Waals surface area contributed by atoms with Gasteiger partial charge in [-0.15, -0.1) is 0 Å². The van der Waals surface area contributed by atoms with Crippen LogP contribution >= 0.6 is 15.9 Å². The monoisotopic (exact) mass is 314 g/mol. The standard InChI is InChI=1S/C12H12BrFN2O2/c1-12(2,3)18-11(17)16-10-7(6-15-16)4-8(13)5-9(10)14/h4-6H,1-3H3. The van der Waals surface area contributed by atoms with Crippen LogP contribution < -0.4 is 0 Å². The van der Waals surface area contributed by atoms with Crippen molar-refractivity contribution in [1.29, 1.82) is 0 Å². The molecule has 2 aromatic rings. The number of carbonyl (C=O) groups excluding carboxylic acids is 1. The Kier molecular flexibility index (Phi) is 3.14. The van der Waals surface area contributed by atoms with E-state index in [1.807, 2.05) is 0 Å². The summed E-state index contributed by atoms with van der Waals surface area (Å²) < 4.78 is 20.5. The molecule has 1 aromatic carbocycles. The van der Waals surface area contributed by atoms with E-state index in [1.165, 1.54) is 12.3 Å². The molecule has 0 saturated heterocycles. The predicted octanol–water partition coefficient (Wildman–Crippen LogP) is 3.72. The van der Waals surface area contributed by atoms with Gasteiger partial charge in [-0.2, -0.15) is 9.78 Å². The van der Waals surface area contributed by atoms with Gasteiger partial charge >= 0.3 is 6.09 Å². The second-order valence-electron chi connectivity index (χ2n) is 4.86. The molecule has 2 rings (SSSR count). The van der Waals surface area contributed by atoms with E-state index < -0.39 is 17.5 Å². The van der Waals surface area contributed by atoms with Gasteiger partial charge in [-0.05, 0) is 32.9 Å². The molecule has 1 heterocycles. The highest BCUT2D eigenvalue weighted by molar-refractivity contribution is 9.10. The molecule has 0 N–H and O–H groups in total. The van der Waals surface area contributed by atoms with E-state index in [0.717, 1.165) is 4.68 Å².